The van der Waals surface area contributed by atoms with Gasteiger partial charge in [0.15, 0.2) is 0 Å². The molecule has 2 aliphatic rings. The molecule has 2 heterocycles. The minimum Gasteiger partial charge on any atom is -0.356 e. The molecule has 1 saturated heterocycles. The average molecular weight is 300 g/mol. The molecule has 6 heteroatoms. The molecule has 0 N–H and O–H groups in total. The summed E-state index contributed by atoms with van der Waals surface area (Å²) < 4.78 is 40.5. The molecule has 2 atom stereocenters. The van der Waals surface area contributed by atoms with Gasteiger partial charge in [0.25, 0.3) is 5.91 Å². The number of carbonyl (C=O) groups excluding carboxylic acids is 1. The largest absolute Gasteiger partial charge is 0.418 e. The van der Waals surface area contributed by atoms with E-state index in [-0.39, 0.29) is 11.6 Å². The Morgan fingerprint density at radius 1 is 1.19 bits per heavy atom. The fraction of sp³-hybridized carbons (Fsp3) is 0.667. The van der Waals surface area contributed by atoms with E-state index >= 15 is 0 Å². The van der Waals surface area contributed by atoms with Gasteiger partial charge in [-0.15, -0.1) is 0 Å². The number of piperidine rings is 1. The summed E-state index contributed by atoms with van der Waals surface area (Å²) in [5.41, 5.74) is -1.03. The van der Waals surface area contributed by atoms with Crippen LogP contribution in [0.1, 0.15) is 48.0 Å². The number of amides is 1. The van der Waals surface area contributed by atoms with Gasteiger partial charge in [-0.05, 0) is 31.6 Å². The minimum atomic E-state index is -4.49. The topological polar surface area (TPSA) is 25.2 Å². The van der Waals surface area contributed by atoms with Crippen molar-refractivity contribution in [2.75, 3.05) is 6.54 Å². The standard InChI is InChI=1S/C15H19F3N2O/c1-19-8-11(12(9-19)15(16,17)18)14(21)20-7-3-5-10-4-2-6-13(10)20/h8-10,13H,2-7H2,1H3/t10-,13-/m1/s1. The maximum Gasteiger partial charge on any atom is 0.418 e. The number of nitrogens with zero attached hydrogens (tertiary/aromatic N) is 2. The van der Waals surface area contributed by atoms with E-state index < -0.39 is 17.6 Å². The summed E-state index contributed by atoms with van der Waals surface area (Å²) in [6, 6.07) is 0.132. The van der Waals surface area contributed by atoms with Crippen LogP contribution in [0.5, 0.6) is 0 Å². The van der Waals surface area contributed by atoms with Crippen LogP contribution in [0.3, 0.4) is 0 Å². The number of hydrogen-bond acceptors (Lipinski definition) is 1. The molecule has 1 aromatic rings. The van der Waals surface area contributed by atoms with Gasteiger partial charge < -0.3 is 9.47 Å². The van der Waals surface area contributed by atoms with Crippen molar-refractivity contribution in [3.05, 3.63) is 23.5 Å². The van der Waals surface area contributed by atoms with E-state index in [1.807, 2.05) is 0 Å². The van der Waals surface area contributed by atoms with Crippen LogP contribution in [0.2, 0.25) is 0 Å². The lowest BCUT2D eigenvalue weighted by molar-refractivity contribution is -0.138. The lowest BCUT2D eigenvalue weighted by Crippen LogP contribution is -2.46. The molecule has 0 aromatic carbocycles. The van der Waals surface area contributed by atoms with E-state index in [1.165, 1.54) is 17.8 Å². The number of likely N-dealkylation sites (tertiary alicyclic amines) is 1. The van der Waals surface area contributed by atoms with Gasteiger partial charge in [-0.2, -0.15) is 13.2 Å². The number of halogens is 3. The Labute approximate surface area is 121 Å². The lowest BCUT2D eigenvalue weighted by atomic mass is 9.91. The number of hydrogen-bond donors (Lipinski definition) is 0. The second kappa shape index (κ2) is 5.07. The summed E-state index contributed by atoms with van der Waals surface area (Å²) in [4.78, 5) is 14.3. The van der Waals surface area contributed by atoms with Crippen LogP contribution in [0, 0.1) is 5.92 Å². The van der Waals surface area contributed by atoms with Crippen molar-refractivity contribution in [1.82, 2.24) is 9.47 Å². The normalized spacial score (nSPS) is 26.0. The number of aryl methyl sites for hydroxylation is 1. The number of alkyl halides is 3. The van der Waals surface area contributed by atoms with E-state index in [4.69, 9.17) is 0 Å². The van der Waals surface area contributed by atoms with Gasteiger partial charge >= 0.3 is 6.18 Å². The fourth-order valence-corrected chi connectivity index (χ4v) is 3.84. The molecule has 21 heavy (non-hydrogen) atoms. The summed E-state index contributed by atoms with van der Waals surface area (Å²) in [5, 5.41) is 0. The molecule has 1 saturated carbocycles. The summed E-state index contributed by atoms with van der Waals surface area (Å²) in [6.07, 6.45) is 2.86. The third-order valence-electron chi connectivity index (χ3n) is 4.75. The Morgan fingerprint density at radius 2 is 1.90 bits per heavy atom. The molecular formula is C15H19F3N2O. The number of carbonyl (C=O) groups is 1. The van der Waals surface area contributed by atoms with Gasteiger partial charge in [-0.25, -0.2) is 0 Å². The molecule has 0 bridgehead atoms. The van der Waals surface area contributed by atoms with Gasteiger partial charge in [0.2, 0.25) is 0 Å². The highest BCUT2D eigenvalue weighted by atomic mass is 19.4. The molecule has 0 unspecified atom stereocenters. The van der Waals surface area contributed by atoms with Crippen molar-refractivity contribution < 1.29 is 18.0 Å². The molecule has 1 aliphatic carbocycles. The van der Waals surface area contributed by atoms with Gasteiger partial charge in [0, 0.05) is 32.0 Å². The quantitative estimate of drug-likeness (QED) is 0.780. The molecular weight excluding hydrogens is 281 g/mol. The molecule has 1 amide bonds. The summed E-state index contributed by atoms with van der Waals surface area (Å²) in [7, 11) is 1.51. The number of aromatic nitrogens is 1. The first-order valence-electron chi connectivity index (χ1n) is 7.42. The van der Waals surface area contributed by atoms with Crippen molar-refractivity contribution >= 4 is 5.91 Å². The van der Waals surface area contributed by atoms with Gasteiger partial charge in [0.1, 0.15) is 0 Å². The lowest BCUT2D eigenvalue weighted by Gasteiger charge is -2.37. The van der Waals surface area contributed by atoms with Crippen molar-refractivity contribution in [2.24, 2.45) is 13.0 Å². The highest BCUT2D eigenvalue weighted by molar-refractivity contribution is 5.96. The monoisotopic (exact) mass is 300 g/mol. The summed E-state index contributed by atoms with van der Waals surface area (Å²) in [5.74, 6) is 0.0141. The predicted molar refractivity (Wildman–Crippen MR) is 71.8 cm³/mol. The number of rotatable bonds is 1. The predicted octanol–water partition coefficient (Wildman–Crippen LogP) is 3.45. The Kier molecular flexibility index (Phi) is 3.50. The second-order valence-electron chi connectivity index (χ2n) is 6.15. The van der Waals surface area contributed by atoms with E-state index in [9.17, 15) is 18.0 Å². The van der Waals surface area contributed by atoms with Crippen molar-refractivity contribution in [2.45, 2.75) is 44.3 Å². The molecule has 116 valence electrons. The van der Waals surface area contributed by atoms with Crippen molar-refractivity contribution in [3.8, 4) is 0 Å². The minimum absolute atomic E-state index is 0.132. The second-order valence-corrected chi connectivity index (χ2v) is 6.15. The van der Waals surface area contributed by atoms with Crippen LogP contribution in [-0.4, -0.2) is 28.0 Å². The third kappa shape index (κ3) is 2.56. The van der Waals surface area contributed by atoms with Crippen LogP contribution in [0.25, 0.3) is 0 Å². The van der Waals surface area contributed by atoms with Crippen LogP contribution in [-0.2, 0) is 13.2 Å². The Morgan fingerprint density at radius 3 is 2.62 bits per heavy atom. The molecule has 1 aromatic heterocycles. The van der Waals surface area contributed by atoms with Gasteiger partial charge in [0.05, 0.1) is 11.1 Å². The highest BCUT2D eigenvalue weighted by Crippen LogP contribution is 2.39. The van der Waals surface area contributed by atoms with E-state index in [0.717, 1.165) is 38.3 Å². The van der Waals surface area contributed by atoms with Crippen LogP contribution in [0.4, 0.5) is 13.2 Å². The van der Waals surface area contributed by atoms with E-state index in [1.54, 1.807) is 4.90 Å². The zero-order valence-corrected chi connectivity index (χ0v) is 12.0. The SMILES string of the molecule is Cn1cc(C(=O)N2CCC[C@H]3CCC[C@H]32)c(C(F)(F)F)c1. The molecule has 2 fully saturated rings. The van der Waals surface area contributed by atoms with Crippen LogP contribution < -0.4 is 0 Å². The van der Waals surface area contributed by atoms with E-state index in [0.29, 0.717) is 12.5 Å². The zero-order valence-electron chi connectivity index (χ0n) is 12.0. The maximum atomic E-state index is 13.1. The van der Waals surface area contributed by atoms with Crippen LogP contribution in [0.15, 0.2) is 12.4 Å². The molecule has 0 spiro atoms. The first-order valence-corrected chi connectivity index (χ1v) is 7.42. The van der Waals surface area contributed by atoms with E-state index in [2.05, 4.69) is 0 Å². The molecule has 3 rings (SSSR count). The van der Waals surface area contributed by atoms with Gasteiger partial charge in [-0.1, -0.05) is 6.42 Å². The summed E-state index contributed by atoms with van der Waals surface area (Å²) >= 11 is 0. The first kappa shape index (κ1) is 14.5. The van der Waals surface area contributed by atoms with Gasteiger partial charge in [-0.3, -0.25) is 4.79 Å². The molecule has 3 nitrogen and oxygen atoms in total. The smallest absolute Gasteiger partial charge is 0.356 e. The third-order valence-corrected chi connectivity index (χ3v) is 4.75. The zero-order chi connectivity index (χ0) is 15.2. The first-order chi connectivity index (χ1) is 9.88. The Bertz CT molecular complexity index is 550. The fourth-order valence-electron chi connectivity index (χ4n) is 3.84. The molecule has 0 radical (unpaired) electrons. The molecule has 1 aliphatic heterocycles. The summed E-state index contributed by atoms with van der Waals surface area (Å²) in [6.45, 7) is 0.576. The van der Waals surface area contributed by atoms with Crippen molar-refractivity contribution in [1.29, 1.82) is 0 Å². The maximum absolute atomic E-state index is 13.1. The Balaban J connectivity index is 1.91. The number of fused-ring (bicyclic) bond motifs is 1. The van der Waals surface area contributed by atoms with Crippen LogP contribution >= 0.6 is 0 Å². The van der Waals surface area contributed by atoms with Crippen molar-refractivity contribution in [3.63, 3.8) is 0 Å². The Hall–Kier alpha value is -1.46. The highest BCUT2D eigenvalue weighted by Gasteiger charge is 2.42. The average Bonchev–Trinajstić information content (AvgIpc) is 3.02.